The van der Waals surface area contributed by atoms with Crippen LogP contribution in [0.1, 0.15) is 36.0 Å². The van der Waals surface area contributed by atoms with Crippen LogP contribution in [0.15, 0.2) is 29.8 Å². The Labute approximate surface area is 138 Å². The van der Waals surface area contributed by atoms with Gasteiger partial charge in [-0.3, -0.25) is 4.79 Å². The second kappa shape index (κ2) is 5.79. The van der Waals surface area contributed by atoms with E-state index in [1.54, 1.807) is 0 Å². The van der Waals surface area contributed by atoms with Gasteiger partial charge in [0.05, 0.1) is 0 Å². The standard InChI is InChI=1S/C20H26N2O/c1-13-3-4-15(9-14(13)2)12-22(17-6-7-17)20(23)18-8-5-16-10-21-11-19(16)18/h3-4,8-9,16-17,19,21H,5-7,10-12H2,1-2H3. The summed E-state index contributed by atoms with van der Waals surface area (Å²) in [4.78, 5) is 15.3. The highest BCUT2D eigenvalue weighted by Crippen LogP contribution is 2.38. The number of benzene rings is 1. The molecule has 1 aliphatic heterocycles. The Kier molecular flexibility index (Phi) is 3.76. The van der Waals surface area contributed by atoms with Crippen LogP contribution in [0, 0.1) is 25.7 Å². The zero-order valence-corrected chi connectivity index (χ0v) is 14.1. The lowest BCUT2D eigenvalue weighted by Crippen LogP contribution is -2.35. The Morgan fingerprint density at radius 2 is 2.04 bits per heavy atom. The maximum Gasteiger partial charge on any atom is 0.250 e. The zero-order chi connectivity index (χ0) is 16.0. The first-order valence-corrected chi connectivity index (χ1v) is 8.91. The molecule has 1 amide bonds. The van der Waals surface area contributed by atoms with Crippen molar-refractivity contribution >= 4 is 5.91 Å². The van der Waals surface area contributed by atoms with Gasteiger partial charge in [0.25, 0.3) is 0 Å². The Bertz CT molecular complexity index is 660. The molecule has 1 aromatic rings. The summed E-state index contributed by atoms with van der Waals surface area (Å²) in [5.41, 5.74) is 4.96. The van der Waals surface area contributed by atoms with Gasteiger partial charge < -0.3 is 10.2 Å². The van der Waals surface area contributed by atoms with Crippen molar-refractivity contribution in [2.75, 3.05) is 13.1 Å². The number of nitrogens with one attached hydrogen (secondary N) is 1. The van der Waals surface area contributed by atoms with E-state index in [9.17, 15) is 4.79 Å². The fraction of sp³-hybridized carbons (Fsp3) is 0.550. The molecule has 2 fully saturated rings. The van der Waals surface area contributed by atoms with E-state index in [2.05, 4.69) is 48.3 Å². The lowest BCUT2D eigenvalue weighted by molar-refractivity contribution is -0.128. The van der Waals surface area contributed by atoms with Crippen LogP contribution in [0.25, 0.3) is 0 Å². The number of carbonyl (C=O) groups excluding carboxylic acids is 1. The molecule has 0 spiro atoms. The third-order valence-electron chi connectivity index (χ3n) is 5.80. The topological polar surface area (TPSA) is 32.3 Å². The Morgan fingerprint density at radius 1 is 1.22 bits per heavy atom. The highest BCUT2D eigenvalue weighted by Gasteiger charge is 2.41. The number of hydrogen-bond acceptors (Lipinski definition) is 2. The molecule has 4 rings (SSSR count). The van der Waals surface area contributed by atoms with Crippen molar-refractivity contribution in [1.82, 2.24) is 10.2 Å². The molecule has 0 radical (unpaired) electrons. The Hall–Kier alpha value is -1.61. The molecule has 122 valence electrons. The van der Waals surface area contributed by atoms with Crippen LogP contribution in [-0.4, -0.2) is 29.9 Å². The van der Waals surface area contributed by atoms with Gasteiger partial charge in [0.1, 0.15) is 0 Å². The maximum atomic E-state index is 13.2. The van der Waals surface area contributed by atoms with E-state index in [-0.39, 0.29) is 0 Å². The van der Waals surface area contributed by atoms with E-state index >= 15 is 0 Å². The van der Waals surface area contributed by atoms with E-state index in [1.165, 1.54) is 16.7 Å². The molecule has 3 nitrogen and oxygen atoms in total. The number of nitrogens with zero attached hydrogens (tertiary/aromatic N) is 1. The molecule has 23 heavy (non-hydrogen) atoms. The molecule has 0 aromatic heterocycles. The second-order valence-electron chi connectivity index (χ2n) is 7.50. The molecule has 3 heteroatoms. The van der Waals surface area contributed by atoms with Crippen LogP contribution in [0.5, 0.6) is 0 Å². The summed E-state index contributed by atoms with van der Waals surface area (Å²) in [7, 11) is 0. The molecule has 3 aliphatic rings. The average Bonchev–Trinajstić information content (AvgIpc) is 3.12. The van der Waals surface area contributed by atoms with Crippen molar-refractivity contribution in [2.45, 2.75) is 45.7 Å². The van der Waals surface area contributed by atoms with E-state index in [0.29, 0.717) is 23.8 Å². The molecule has 1 saturated heterocycles. The van der Waals surface area contributed by atoms with Gasteiger partial charge in [-0.1, -0.05) is 24.3 Å². The predicted molar refractivity (Wildman–Crippen MR) is 92.0 cm³/mol. The predicted octanol–water partition coefficient (Wildman–Crippen LogP) is 2.96. The first-order chi connectivity index (χ1) is 11.1. The largest absolute Gasteiger partial charge is 0.332 e. The first-order valence-electron chi connectivity index (χ1n) is 8.91. The zero-order valence-electron chi connectivity index (χ0n) is 14.1. The number of aryl methyl sites for hydroxylation is 2. The van der Waals surface area contributed by atoms with Crippen molar-refractivity contribution in [3.05, 3.63) is 46.5 Å². The lowest BCUT2D eigenvalue weighted by Gasteiger charge is -2.25. The summed E-state index contributed by atoms with van der Waals surface area (Å²) in [6, 6.07) is 7.04. The van der Waals surface area contributed by atoms with E-state index < -0.39 is 0 Å². The second-order valence-corrected chi connectivity index (χ2v) is 7.50. The third kappa shape index (κ3) is 2.83. The molecule has 0 bridgehead atoms. The van der Waals surface area contributed by atoms with Crippen LogP contribution < -0.4 is 5.32 Å². The fourth-order valence-corrected chi connectivity index (χ4v) is 4.04. The Balaban J connectivity index is 1.53. The monoisotopic (exact) mass is 310 g/mol. The minimum absolute atomic E-state index is 0.293. The number of allylic oxidation sites excluding steroid dienone is 1. The van der Waals surface area contributed by atoms with Crippen LogP contribution in [0.3, 0.4) is 0 Å². The van der Waals surface area contributed by atoms with Crippen LogP contribution in [-0.2, 0) is 11.3 Å². The minimum atomic E-state index is 0.293. The number of amides is 1. The molecule has 2 unspecified atom stereocenters. The number of fused-ring (bicyclic) bond motifs is 1. The van der Waals surface area contributed by atoms with E-state index in [1.807, 2.05) is 0 Å². The molecule has 1 N–H and O–H groups in total. The summed E-state index contributed by atoms with van der Waals surface area (Å²) in [5, 5.41) is 3.44. The van der Waals surface area contributed by atoms with E-state index in [0.717, 1.165) is 44.5 Å². The molecular formula is C20H26N2O. The molecule has 2 aliphatic carbocycles. The number of rotatable bonds is 4. The fourth-order valence-electron chi connectivity index (χ4n) is 4.04. The third-order valence-corrected chi connectivity index (χ3v) is 5.80. The van der Waals surface area contributed by atoms with Crippen molar-refractivity contribution in [3.63, 3.8) is 0 Å². The van der Waals surface area contributed by atoms with Gasteiger partial charge in [-0.15, -0.1) is 0 Å². The molecule has 1 aromatic carbocycles. The van der Waals surface area contributed by atoms with Gasteiger partial charge in [-0.05, 0) is 62.3 Å². The summed E-state index contributed by atoms with van der Waals surface area (Å²) >= 11 is 0. The van der Waals surface area contributed by atoms with Gasteiger partial charge in [0.2, 0.25) is 5.91 Å². The van der Waals surface area contributed by atoms with Crippen molar-refractivity contribution in [2.24, 2.45) is 11.8 Å². The van der Waals surface area contributed by atoms with Crippen molar-refractivity contribution < 1.29 is 4.79 Å². The summed E-state index contributed by atoms with van der Waals surface area (Å²) < 4.78 is 0. The highest BCUT2D eigenvalue weighted by atomic mass is 16.2. The Morgan fingerprint density at radius 3 is 2.78 bits per heavy atom. The summed E-state index contributed by atoms with van der Waals surface area (Å²) in [5.74, 6) is 1.39. The summed E-state index contributed by atoms with van der Waals surface area (Å²) in [6.45, 7) is 7.09. The molecule has 1 heterocycles. The van der Waals surface area contributed by atoms with Crippen molar-refractivity contribution in [3.8, 4) is 0 Å². The SMILES string of the molecule is Cc1ccc(CN(C(=O)C2=CCC3CNCC23)C2CC2)cc1C. The quantitative estimate of drug-likeness (QED) is 0.927. The molecule has 1 saturated carbocycles. The van der Waals surface area contributed by atoms with Crippen LogP contribution in [0.4, 0.5) is 0 Å². The molecular weight excluding hydrogens is 284 g/mol. The number of carbonyl (C=O) groups is 1. The normalized spacial score (nSPS) is 26.1. The van der Waals surface area contributed by atoms with Gasteiger partial charge in [0.15, 0.2) is 0 Å². The van der Waals surface area contributed by atoms with Crippen molar-refractivity contribution in [1.29, 1.82) is 0 Å². The van der Waals surface area contributed by atoms with Crippen LogP contribution >= 0.6 is 0 Å². The maximum absolute atomic E-state index is 13.2. The highest BCUT2D eigenvalue weighted by molar-refractivity contribution is 5.95. The van der Waals surface area contributed by atoms with Crippen LogP contribution in [0.2, 0.25) is 0 Å². The molecule has 2 atom stereocenters. The average molecular weight is 310 g/mol. The smallest absolute Gasteiger partial charge is 0.250 e. The summed E-state index contributed by atoms with van der Waals surface area (Å²) in [6.07, 6.45) is 5.61. The minimum Gasteiger partial charge on any atom is -0.332 e. The van der Waals surface area contributed by atoms with Gasteiger partial charge in [-0.2, -0.15) is 0 Å². The van der Waals surface area contributed by atoms with Gasteiger partial charge >= 0.3 is 0 Å². The van der Waals surface area contributed by atoms with Gasteiger partial charge in [0, 0.05) is 30.6 Å². The first kappa shape index (κ1) is 14.9. The number of hydrogen-bond donors (Lipinski definition) is 1. The lowest BCUT2D eigenvalue weighted by atomic mass is 9.94. The van der Waals surface area contributed by atoms with Gasteiger partial charge in [-0.25, -0.2) is 0 Å². The van der Waals surface area contributed by atoms with E-state index in [4.69, 9.17) is 0 Å².